The van der Waals surface area contributed by atoms with Crippen LogP contribution in [0.25, 0.3) is 10.9 Å². The Morgan fingerprint density at radius 1 is 1.41 bits per heavy atom. The van der Waals surface area contributed by atoms with E-state index >= 15 is 0 Å². The highest BCUT2D eigenvalue weighted by Gasteiger charge is 2.03. The molecule has 1 aromatic heterocycles. The number of carbonyl (C=O) groups excluding carboxylic acids is 1. The number of unbranched alkanes of at least 4 members (excludes halogenated alkanes) is 1. The molecule has 1 heterocycles. The minimum Gasteiger partial charge on any atom is -0.326 e. The van der Waals surface area contributed by atoms with Gasteiger partial charge in [-0.3, -0.25) is 9.89 Å². The van der Waals surface area contributed by atoms with Gasteiger partial charge >= 0.3 is 0 Å². The summed E-state index contributed by atoms with van der Waals surface area (Å²) in [5, 5.41) is 10.6. The van der Waals surface area contributed by atoms with Crippen LogP contribution in [0.1, 0.15) is 19.3 Å². The van der Waals surface area contributed by atoms with E-state index in [1.165, 1.54) is 0 Å². The quantitative estimate of drug-likeness (QED) is 0.634. The first kappa shape index (κ1) is 11.9. The van der Waals surface area contributed by atoms with Gasteiger partial charge in [-0.1, -0.05) is 0 Å². The van der Waals surface area contributed by atoms with Gasteiger partial charge in [-0.05, 0) is 31.0 Å². The summed E-state index contributed by atoms with van der Waals surface area (Å²) < 4.78 is 0. The van der Waals surface area contributed by atoms with Crippen LogP contribution in [0.4, 0.5) is 5.69 Å². The summed E-state index contributed by atoms with van der Waals surface area (Å²) in [6.45, 7) is 0. The van der Waals surface area contributed by atoms with Gasteiger partial charge < -0.3 is 5.32 Å². The summed E-state index contributed by atoms with van der Waals surface area (Å²) in [5.74, 6) is 0.631. The van der Waals surface area contributed by atoms with E-state index in [1.54, 1.807) is 6.20 Å². The smallest absolute Gasteiger partial charge is 0.224 e. The van der Waals surface area contributed by atoms with E-state index in [9.17, 15) is 4.79 Å². The van der Waals surface area contributed by atoms with Crippen LogP contribution >= 0.6 is 11.6 Å². The molecule has 1 amide bonds. The average molecular weight is 252 g/mol. The van der Waals surface area contributed by atoms with Crippen molar-refractivity contribution in [3.8, 4) is 0 Å². The Kier molecular flexibility index (Phi) is 3.98. The monoisotopic (exact) mass is 251 g/mol. The van der Waals surface area contributed by atoms with Crippen molar-refractivity contribution >= 4 is 34.1 Å². The van der Waals surface area contributed by atoms with Crippen molar-refractivity contribution in [3.63, 3.8) is 0 Å². The predicted octanol–water partition coefficient (Wildman–Crippen LogP) is 2.91. The molecule has 0 unspecified atom stereocenters. The number of benzene rings is 1. The van der Waals surface area contributed by atoms with Crippen molar-refractivity contribution in [2.45, 2.75) is 19.3 Å². The van der Waals surface area contributed by atoms with Gasteiger partial charge in [0.25, 0.3) is 0 Å². The van der Waals surface area contributed by atoms with Gasteiger partial charge in [-0.25, -0.2) is 0 Å². The van der Waals surface area contributed by atoms with Gasteiger partial charge in [-0.2, -0.15) is 5.10 Å². The fourth-order valence-electron chi connectivity index (χ4n) is 1.62. The van der Waals surface area contributed by atoms with Crippen LogP contribution in [-0.2, 0) is 4.79 Å². The van der Waals surface area contributed by atoms with Crippen molar-refractivity contribution in [2.24, 2.45) is 0 Å². The first-order valence-electron chi connectivity index (χ1n) is 5.58. The molecule has 4 nitrogen and oxygen atoms in total. The molecule has 0 aliphatic heterocycles. The van der Waals surface area contributed by atoms with Crippen LogP contribution in [0.15, 0.2) is 24.4 Å². The van der Waals surface area contributed by atoms with Crippen LogP contribution in [0, 0.1) is 0 Å². The number of nitrogens with zero attached hydrogens (tertiary/aromatic N) is 1. The van der Waals surface area contributed by atoms with E-state index in [1.807, 2.05) is 18.2 Å². The van der Waals surface area contributed by atoms with E-state index in [4.69, 9.17) is 11.6 Å². The largest absolute Gasteiger partial charge is 0.326 e. The Bertz CT molecular complexity index is 509. The van der Waals surface area contributed by atoms with Gasteiger partial charge in [0.2, 0.25) is 5.91 Å². The molecule has 0 aliphatic rings. The lowest BCUT2D eigenvalue weighted by Crippen LogP contribution is -2.10. The summed E-state index contributed by atoms with van der Waals surface area (Å²) in [7, 11) is 0. The molecule has 0 atom stereocenters. The van der Waals surface area contributed by atoms with E-state index in [-0.39, 0.29) is 5.91 Å². The van der Waals surface area contributed by atoms with Crippen LogP contribution in [-0.4, -0.2) is 22.0 Å². The number of anilines is 1. The van der Waals surface area contributed by atoms with Crippen molar-refractivity contribution in [2.75, 3.05) is 11.2 Å². The molecule has 2 aromatic rings. The second kappa shape index (κ2) is 5.68. The summed E-state index contributed by atoms with van der Waals surface area (Å²) >= 11 is 5.56. The molecule has 2 rings (SSSR count). The van der Waals surface area contributed by atoms with Gasteiger partial charge in [-0.15, -0.1) is 11.6 Å². The van der Waals surface area contributed by atoms with Crippen molar-refractivity contribution in [1.29, 1.82) is 0 Å². The zero-order valence-electron chi connectivity index (χ0n) is 9.37. The third-order valence-electron chi connectivity index (χ3n) is 2.51. The fraction of sp³-hybridized carbons (Fsp3) is 0.333. The second-order valence-corrected chi connectivity index (χ2v) is 4.24. The number of amides is 1. The normalized spacial score (nSPS) is 10.6. The highest BCUT2D eigenvalue weighted by Crippen LogP contribution is 2.16. The van der Waals surface area contributed by atoms with Crippen LogP contribution in [0.3, 0.4) is 0 Å². The maximum atomic E-state index is 11.6. The first-order chi connectivity index (χ1) is 8.29. The van der Waals surface area contributed by atoms with Crippen LogP contribution < -0.4 is 5.32 Å². The number of hydrogen-bond acceptors (Lipinski definition) is 2. The Hall–Kier alpha value is -1.55. The maximum Gasteiger partial charge on any atom is 0.224 e. The molecular weight excluding hydrogens is 238 g/mol. The topological polar surface area (TPSA) is 57.8 Å². The molecule has 1 aromatic carbocycles. The Morgan fingerprint density at radius 2 is 2.29 bits per heavy atom. The number of alkyl halides is 1. The predicted molar refractivity (Wildman–Crippen MR) is 69.3 cm³/mol. The van der Waals surface area contributed by atoms with Crippen LogP contribution in [0.5, 0.6) is 0 Å². The number of aromatic nitrogens is 2. The van der Waals surface area contributed by atoms with Gasteiger partial charge in [0.1, 0.15) is 0 Å². The molecule has 0 fully saturated rings. The van der Waals surface area contributed by atoms with Gasteiger partial charge in [0.05, 0.1) is 11.7 Å². The van der Waals surface area contributed by atoms with Gasteiger partial charge in [0, 0.05) is 23.4 Å². The molecule has 17 heavy (non-hydrogen) atoms. The number of halogens is 1. The SMILES string of the molecule is O=C(CCCCCl)Nc1ccc2[nH]ncc2c1. The number of hydrogen-bond donors (Lipinski definition) is 2. The van der Waals surface area contributed by atoms with E-state index in [2.05, 4.69) is 15.5 Å². The third-order valence-corrected chi connectivity index (χ3v) is 2.78. The number of fused-ring (bicyclic) bond motifs is 1. The maximum absolute atomic E-state index is 11.6. The van der Waals surface area contributed by atoms with E-state index < -0.39 is 0 Å². The van der Waals surface area contributed by atoms with Crippen molar-refractivity contribution < 1.29 is 4.79 Å². The molecule has 5 heteroatoms. The lowest BCUT2D eigenvalue weighted by atomic mass is 10.2. The minimum atomic E-state index is 0.0259. The first-order valence-corrected chi connectivity index (χ1v) is 6.12. The molecule has 0 radical (unpaired) electrons. The zero-order valence-corrected chi connectivity index (χ0v) is 10.1. The Morgan fingerprint density at radius 3 is 3.12 bits per heavy atom. The molecule has 0 spiro atoms. The number of rotatable bonds is 5. The second-order valence-electron chi connectivity index (χ2n) is 3.87. The molecule has 0 saturated heterocycles. The van der Waals surface area contributed by atoms with E-state index in [0.29, 0.717) is 12.3 Å². The Balaban J connectivity index is 1.95. The molecule has 0 aliphatic carbocycles. The number of H-pyrrole nitrogens is 1. The summed E-state index contributed by atoms with van der Waals surface area (Å²) in [5.41, 5.74) is 1.76. The van der Waals surface area contributed by atoms with Crippen molar-refractivity contribution in [1.82, 2.24) is 10.2 Å². The molecule has 90 valence electrons. The summed E-state index contributed by atoms with van der Waals surface area (Å²) in [4.78, 5) is 11.6. The van der Waals surface area contributed by atoms with Crippen LogP contribution in [0.2, 0.25) is 0 Å². The van der Waals surface area contributed by atoms with E-state index in [0.717, 1.165) is 29.4 Å². The molecular formula is C12H14ClN3O. The average Bonchev–Trinajstić information content (AvgIpc) is 2.76. The molecule has 2 N–H and O–H groups in total. The zero-order chi connectivity index (χ0) is 12.1. The number of nitrogens with one attached hydrogen (secondary N) is 2. The number of aromatic amines is 1. The summed E-state index contributed by atoms with van der Waals surface area (Å²) in [6.07, 6.45) is 3.94. The van der Waals surface area contributed by atoms with Gasteiger partial charge in [0.15, 0.2) is 0 Å². The highest BCUT2D eigenvalue weighted by atomic mass is 35.5. The minimum absolute atomic E-state index is 0.0259. The summed E-state index contributed by atoms with van der Waals surface area (Å²) in [6, 6.07) is 5.66. The third kappa shape index (κ3) is 3.20. The lowest BCUT2D eigenvalue weighted by molar-refractivity contribution is -0.116. The fourth-order valence-corrected chi connectivity index (χ4v) is 1.81. The standard InChI is InChI=1S/C12H14ClN3O/c13-6-2-1-3-12(17)15-10-4-5-11-9(7-10)8-14-16-11/h4-5,7-8H,1-3,6H2,(H,14,16)(H,15,17). The lowest BCUT2D eigenvalue weighted by Gasteiger charge is -2.04. The number of carbonyl (C=O) groups is 1. The van der Waals surface area contributed by atoms with Crippen molar-refractivity contribution in [3.05, 3.63) is 24.4 Å². The molecule has 0 saturated carbocycles. The highest BCUT2D eigenvalue weighted by molar-refractivity contribution is 6.17. The molecule has 0 bridgehead atoms. The Labute approximate surface area is 104 Å².